The molecule has 0 fully saturated rings. The molecule has 0 amide bonds. The molecule has 1 heterocycles. The second kappa shape index (κ2) is 7.57. The molecule has 0 saturated heterocycles. The van der Waals surface area contributed by atoms with Crippen LogP contribution in [0.3, 0.4) is 0 Å². The number of rotatable bonds is 5. The van der Waals surface area contributed by atoms with Crippen LogP contribution in [0.5, 0.6) is 5.75 Å². The Kier molecular flexibility index (Phi) is 5.26. The molecule has 2 N–H and O–H groups in total. The standard InChI is InChI=1S/C19H24N2O2/c1-23-18-8-7-14-4-2-6-17(10-16(14)11-18)21-13-19(22)15-5-3-9-20-12-15/h3,5,7-9,11-12,17,19,21-22H,2,4,6,10,13H2,1H3. The summed E-state index contributed by atoms with van der Waals surface area (Å²) in [6.07, 6.45) is 7.31. The fourth-order valence-electron chi connectivity index (χ4n) is 3.21. The van der Waals surface area contributed by atoms with Crippen LogP contribution in [0.2, 0.25) is 0 Å². The Hall–Kier alpha value is -1.91. The first-order valence-corrected chi connectivity index (χ1v) is 8.23. The van der Waals surface area contributed by atoms with Crippen molar-refractivity contribution in [3.05, 3.63) is 59.4 Å². The van der Waals surface area contributed by atoms with Crippen molar-refractivity contribution in [2.45, 2.75) is 37.8 Å². The molecule has 3 rings (SSSR count). The normalized spacial score (nSPS) is 18.8. The summed E-state index contributed by atoms with van der Waals surface area (Å²) in [6, 6.07) is 10.5. The van der Waals surface area contributed by atoms with E-state index < -0.39 is 6.10 Å². The van der Waals surface area contributed by atoms with Gasteiger partial charge in [-0.2, -0.15) is 0 Å². The Labute approximate surface area is 137 Å². The number of nitrogens with zero attached hydrogens (tertiary/aromatic N) is 1. The van der Waals surface area contributed by atoms with E-state index in [0.717, 1.165) is 30.6 Å². The number of aryl methyl sites for hydroxylation is 1. The van der Waals surface area contributed by atoms with Crippen molar-refractivity contribution in [3.63, 3.8) is 0 Å². The van der Waals surface area contributed by atoms with Crippen molar-refractivity contribution in [1.29, 1.82) is 0 Å². The molecule has 1 aromatic heterocycles. The highest BCUT2D eigenvalue weighted by Gasteiger charge is 2.18. The molecule has 4 heteroatoms. The number of aliphatic hydroxyl groups excluding tert-OH is 1. The van der Waals surface area contributed by atoms with Gasteiger partial charge in [0.15, 0.2) is 0 Å². The van der Waals surface area contributed by atoms with Crippen molar-refractivity contribution in [2.75, 3.05) is 13.7 Å². The summed E-state index contributed by atoms with van der Waals surface area (Å²) < 4.78 is 5.35. The van der Waals surface area contributed by atoms with Crippen LogP contribution in [0.25, 0.3) is 0 Å². The van der Waals surface area contributed by atoms with E-state index in [1.54, 1.807) is 19.5 Å². The van der Waals surface area contributed by atoms with E-state index in [0.29, 0.717) is 12.6 Å². The molecular formula is C19H24N2O2. The van der Waals surface area contributed by atoms with Crippen LogP contribution >= 0.6 is 0 Å². The number of ether oxygens (including phenoxy) is 1. The Balaban J connectivity index is 1.62. The summed E-state index contributed by atoms with van der Waals surface area (Å²) in [4.78, 5) is 4.06. The largest absolute Gasteiger partial charge is 0.497 e. The van der Waals surface area contributed by atoms with Gasteiger partial charge >= 0.3 is 0 Å². The molecule has 0 radical (unpaired) electrons. The smallest absolute Gasteiger partial charge is 0.119 e. The van der Waals surface area contributed by atoms with Gasteiger partial charge in [-0.05, 0) is 55.0 Å². The molecule has 0 saturated carbocycles. The van der Waals surface area contributed by atoms with Crippen LogP contribution in [-0.4, -0.2) is 29.8 Å². The van der Waals surface area contributed by atoms with Crippen molar-refractivity contribution in [1.82, 2.24) is 10.3 Å². The molecule has 122 valence electrons. The third-order valence-corrected chi connectivity index (χ3v) is 4.55. The molecule has 2 unspecified atom stereocenters. The summed E-state index contributed by atoms with van der Waals surface area (Å²) in [5.74, 6) is 0.916. The van der Waals surface area contributed by atoms with Gasteiger partial charge in [0.05, 0.1) is 13.2 Å². The topological polar surface area (TPSA) is 54.4 Å². The number of benzene rings is 1. The molecule has 1 aliphatic rings. The van der Waals surface area contributed by atoms with Crippen LogP contribution in [0.4, 0.5) is 0 Å². The summed E-state index contributed by atoms with van der Waals surface area (Å²) >= 11 is 0. The van der Waals surface area contributed by atoms with Gasteiger partial charge in [0.1, 0.15) is 5.75 Å². The first-order valence-electron chi connectivity index (χ1n) is 8.23. The quantitative estimate of drug-likeness (QED) is 0.834. The maximum atomic E-state index is 10.3. The van der Waals surface area contributed by atoms with Gasteiger partial charge in [0, 0.05) is 30.5 Å². The maximum absolute atomic E-state index is 10.3. The third kappa shape index (κ3) is 4.09. The van der Waals surface area contributed by atoms with Crippen LogP contribution in [0.15, 0.2) is 42.7 Å². The van der Waals surface area contributed by atoms with Crippen LogP contribution in [0.1, 0.15) is 35.6 Å². The number of methoxy groups -OCH3 is 1. The molecule has 2 atom stereocenters. The van der Waals surface area contributed by atoms with E-state index in [4.69, 9.17) is 4.74 Å². The predicted octanol–water partition coefficient (Wildman–Crippen LogP) is 2.66. The Bertz CT molecular complexity index is 631. The number of hydrogen-bond acceptors (Lipinski definition) is 4. The van der Waals surface area contributed by atoms with Gasteiger partial charge in [-0.3, -0.25) is 4.98 Å². The van der Waals surface area contributed by atoms with Crippen LogP contribution in [0, 0.1) is 0 Å². The van der Waals surface area contributed by atoms with Crippen molar-refractivity contribution < 1.29 is 9.84 Å². The van der Waals surface area contributed by atoms with Gasteiger partial charge in [0.25, 0.3) is 0 Å². The Morgan fingerprint density at radius 2 is 2.26 bits per heavy atom. The minimum atomic E-state index is -0.517. The maximum Gasteiger partial charge on any atom is 0.119 e. The molecular weight excluding hydrogens is 288 g/mol. The fourth-order valence-corrected chi connectivity index (χ4v) is 3.21. The van der Waals surface area contributed by atoms with Crippen molar-refractivity contribution >= 4 is 0 Å². The van der Waals surface area contributed by atoms with Gasteiger partial charge in [0.2, 0.25) is 0 Å². The number of hydrogen-bond donors (Lipinski definition) is 2. The van der Waals surface area contributed by atoms with E-state index in [1.807, 2.05) is 18.2 Å². The molecule has 2 aromatic rings. The van der Waals surface area contributed by atoms with Crippen molar-refractivity contribution in [2.24, 2.45) is 0 Å². The fraction of sp³-hybridized carbons (Fsp3) is 0.421. The van der Waals surface area contributed by atoms with Crippen LogP contribution in [-0.2, 0) is 12.8 Å². The van der Waals surface area contributed by atoms with Gasteiger partial charge < -0.3 is 15.2 Å². The monoisotopic (exact) mass is 312 g/mol. The number of fused-ring (bicyclic) bond motifs is 1. The summed E-state index contributed by atoms with van der Waals surface area (Å²) in [5, 5.41) is 13.8. The number of aromatic nitrogens is 1. The Morgan fingerprint density at radius 3 is 3.04 bits per heavy atom. The molecule has 1 aliphatic carbocycles. The van der Waals surface area contributed by atoms with Gasteiger partial charge in [-0.1, -0.05) is 12.1 Å². The second-order valence-corrected chi connectivity index (χ2v) is 6.14. The van der Waals surface area contributed by atoms with E-state index >= 15 is 0 Å². The molecule has 4 nitrogen and oxygen atoms in total. The molecule has 1 aromatic carbocycles. The lowest BCUT2D eigenvalue weighted by Gasteiger charge is -2.20. The lowest BCUT2D eigenvalue weighted by Crippen LogP contribution is -2.34. The van der Waals surface area contributed by atoms with Crippen molar-refractivity contribution in [3.8, 4) is 5.75 Å². The third-order valence-electron chi connectivity index (χ3n) is 4.55. The minimum absolute atomic E-state index is 0.384. The average molecular weight is 312 g/mol. The first kappa shape index (κ1) is 16.0. The summed E-state index contributed by atoms with van der Waals surface area (Å²) in [5.41, 5.74) is 3.63. The average Bonchev–Trinajstić information content (AvgIpc) is 2.81. The second-order valence-electron chi connectivity index (χ2n) is 6.14. The first-order chi connectivity index (χ1) is 11.3. The van der Waals surface area contributed by atoms with Gasteiger partial charge in [-0.15, -0.1) is 0 Å². The highest BCUT2D eigenvalue weighted by atomic mass is 16.5. The minimum Gasteiger partial charge on any atom is -0.497 e. The predicted molar refractivity (Wildman–Crippen MR) is 90.6 cm³/mol. The van der Waals surface area contributed by atoms with Gasteiger partial charge in [-0.25, -0.2) is 0 Å². The molecule has 0 spiro atoms. The lowest BCUT2D eigenvalue weighted by molar-refractivity contribution is 0.168. The van der Waals surface area contributed by atoms with E-state index in [-0.39, 0.29) is 0 Å². The molecule has 0 bridgehead atoms. The molecule has 23 heavy (non-hydrogen) atoms. The van der Waals surface area contributed by atoms with E-state index in [1.165, 1.54) is 17.5 Å². The zero-order valence-electron chi connectivity index (χ0n) is 13.5. The van der Waals surface area contributed by atoms with E-state index in [9.17, 15) is 5.11 Å². The zero-order chi connectivity index (χ0) is 16.1. The summed E-state index contributed by atoms with van der Waals surface area (Å²) in [6.45, 7) is 0.551. The number of aliphatic hydroxyl groups is 1. The highest BCUT2D eigenvalue weighted by molar-refractivity contribution is 5.37. The number of pyridine rings is 1. The van der Waals surface area contributed by atoms with E-state index in [2.05, 4.69) is 22.4 Å². The SMILES string of the molecule is COc1ccc2c(c1)CC(NCC(O)c1cccnc1)CCC2. The van der Waals surface area contributed by atoms with Crippen LogP contribution < -0.4 is 10.1 Å². The number of nitrogens with one attached hydrogen (secondary N) is 1. The zero-order valence-corrected chi connectivity index (χ0v) is 13.5. The summed E-state index contributed by atoms with van der Waals surface area (Å²) in [7, 11) is 1.71. The molecule has 0 aliphatic heterocycles. The Morgan fingerprint density at radius 1 is 1.35 bits per heavy atom. The highest BCUT2D eigenvalue weighted by Crippen LogP contribution is 2.25. The lowest BCUT2D eigenvalue weighted by atomic mass is 10.0.